The van der Waals surface area contributed by atoms with Gasteiger partial charge in [-0.1, -0.05) is 19.8 Å². The molecule has 0 bridgehead atoms. The molecule has 1 aliphatic rings. The number of ether oxygens (including phenoxy) is 2. The van der Waals surface area contributed by atoms with E-state index in [9.17, 15) is 19.1 Å². The molecule has 0 aliphatic heterocycles. The Labute approximate surface area is 238 Å². The lowest BCUT2D eigenvalue weighted by Gasteiger charge is -2.17. The summed E-state index contributed by atoms with van der Waals surface area (Å²) in [6, 6.07) is 15.3. The van der Waals surface area contributed by atoms with Gasteiger partial charge in [-0.25, -0.2) is 4.39 Å². The van der Waals surface area contributed by atoms with Crippen molar-refractivity contribution in [3.05, 3.63) is 78.1 Å². The van der Waals surface area contributed by atoms with Gasteiger partial charge in [-0.05, 0) is 93.6 Å². The van der Waals surface area contributed by atoms with Gasteiger partial charge in [0, 0.05) is 23.0 Å². The molecule has 3 N–H and O–H groups in total. The van der Waals surface area contributed by atoms with Crippen LogP contribution in [0.4, 0.5) is 21.5 Å². The first-order valence-electron chi connectivity index (χ1n) is 13.6. The van der Waals surface area contributed by atoms with E-state index >= 15 is 0 Å². The second-order valence-corrected chi connectivity index (χ2v) is 9.83. The van der Waals surface area contributed by atoms with Crippen molar-refractivity contribution in [2.24, 2.45) is 10.4 Å². The van der Waals surface area contributed by atoms with Crippen molar-refractivity contribution in [3.8, 4) is 17.2 Å². The predicted octanol–water partition coefficient (Wildman–Crippen LogP) is 7.23. The number of aliphatic imine (C=N–C) groups is 1. The van der Waals surface area contributed by atoms with Crippen molar-refractivity contribution < 1.29 is 28.6 Å². The summed E-state index contributed by atoms with van der Waals surface area (Å²) in [6.07, 6.45) is 5.59. The molecule has 4 rings (SSSR count). The maximum Gasteiger partial charge on any atom is 0.240 e. The summed E-state index contributed by atoms with van der Waals surface area (Å²) >= 11 is 0. The van der Waals surface area contributed by atoms with E-state index in [0.717, 1.165) is 19.3 Å². The van der Waals surface area contributed by atoms with Crippen molar-refractivity contribution in [3.63, 3.8) is 0 Å². The van der Waals surface area contributed by atoms with Gasteiger partial charge < -0.3 is 25.2 Å². The van der Waals surface area contributed by atoms with Crippen molar-refractivity contribution in [1.29, 1.82) is 0 Å². The number of hydrogen-bond acceptors (Lipinski definition) is 6. The van der Waals surface area contributed by atoms with Gasteiger partial charge in [-0.3, -0.25) is 14.6 Å². The fourth-order valence-electron chi connectivity index (χ4n) is 4.25. The van der Waals surface area contributed by atoms with Crippen LogP contribution in [0.3, 0.4) is 0 Å². The first-order valence-corrected chi connectivity index (χ1v) is 13.6. The second-order valence-electron chi connectivity index (χ2n) is 9.83. The zero-order chi connectivity index (χ0) is 29.4. The highest BCUT2D eigenvalue weighted by Gasteiger charge is 2.56. The smallest absolute Gasteiger partial charge is 0.240 e. The van der Waals surface area contributed by atoms with Crippen molar-refractivity contribution >= 4 is 41.4 Å². The fraction of sp³-hybridized carbons (Fsp3) is 0.281. The lowest BCUT2D eigenvalue weighted by Crippen LogP contribution is -2.35. The summed E-state index contributed by atoms with van der Waals surface area (Å²) in [6.45, 7) is 8.01. The van der Waals surface area contributed by atoms with Gasteiger partial charge in [0.05, 0.1) is 12.3 Å². The lowest BCUT2D eigenvalue weighted by atomic mass is 10.0. The molecule has 0 radical (unpaired) electrons. The van der Waals surface area contributed by atoms with Crippen molar-refractivity contribution in [1.82, 2.24) is 0 Å². The minimum Gasteiger partial charge on any atom is -0.504 e. The number of hydrogen-bond donors (Lipinski definition) is 3. The molecule has 3 aromatic carbocycles. The van der Waals surface area contributed by atoms with E-state index in [1.54, 1.807) is 36.4 Å². The number of nitrogens with zero attached hydrogens (tertiary/aromatic N) is 1. The molecule has 3 aromatic rings. The summed E-state index contributed by atoms with van der Waals surface area (Å²) in [5.41, 5.74) is 0.812. The number of rotatable bonds is 13. The number of allylic oxidation sites excluding steroid dienone is 1. The minimum absolute atomic E-state index is 0.0250. The standard InChI is InChI=1S/C32H34FN3O5/c1-4-6-7-18-40-29-19-25(26(34-3)20-27(29)37)28(5-2)41-24-14-12-23(13-15-24)36-31(39)32(16-17-32)30(38)35-22-10-8-21(33)9-11-22/h5,8-15,19-20,37H,3-4,6-7,16-18H2,1-2H3,(H,35,38)(H,36,39)/b28-5+. The third-order valence-corrected chi connectivity index (χ3v) is 6.84. The van der Waals surface area contributed by atoms with Crippen molar-refractivity contribution in [2.45, 2.75) is 46.0 Å². The summed E-state index contributed by atoms with van der Waals surface area (Å²) in [7, 11) is 0. The average Bonchev–Trinajstić information content (AvgIpc) is 3.79. The molecule has 9 heteroatoms. The molecule has 2 amide bonds. The van der Waals surface area contributed by atoms with E-state index in [0.29, 0.717) is 59.3 Å². The Morgan fingerprint density at radius 2 is 1.63 bits per heavy atom. The number of anilines is 2. The Hall–Kier alpha value is -4.66. The Kier molecular flexibility index (Phi) is 9.39. The van der Waals surface area contributed by atoms with Crippen molar-refractivity contribution in [2.75, 3.05) is 17.2 Å². The van der Waals surface area contributed by atoms with Crippen LogP contribution in [0.2, 0.25) is 0 Å². The molecule has 1 fully saturated rings. The van der Waals surface area contributed by atoms with Gasteiger partial charge in [0.2, 0.25) is 11.8 Å². The first-order chi connectivity index (χ1) is 19.8. The molecular weight excluding hydrogens is 525 g/mol. The number of aromatic hydroxyl groups is 1. The highest BCUT2D eigenvalue weighted by atomic mass is 19.1. The van der Waals surface area contributed by atoms with Crippen LogP contribution in [0.1, 0.15) is 51.5 Å². The van der Waals surface area contributed by atoms with E-state index in [1.165, 1.54) is 30.3 Å². The third-order valence-electron chi connectivity index (χ3n) is 6.84. The number of phenolic OH excluding ortho intramolecular Hbond substituents is 1. The van der Waals surface area contributed by atoms with Crippen LogP contribution >= 0.6 is 0 Å². The lowest BCUT2D eigenvalue weighted by molar-refractivity contribution is -0.131. The highest BCUT2D eigenvalue weighted by Crippen LogP contribution is 2.47. The van der Waals surface area contributed by atoms with Gasteiger partial charge in [0.25, 0.3) is 0 Å². The van der Waals surface area contributed by atoms with E-state index < -0.39 is 23.0 Å². The molecule has 0 atom stereocenters. The molecule has 0 aromatic heterocycles. The highest BCUT2D eigenvalue weighted by molar-refractivity contribution is 6.16. The molecule has 1 aliphatic carbocycles. The molecule has 214 valence electrons. The Balaban J connectivity index is 1.41. The Bertz CT molecular complexity index is 1430. The molecule has 0 spiro atoms. The van der Waals surface area contributed by atoms with Gasteiger partial charge in [-0.2, -0.15) is 0 Å². The van der Waals surface area contributed by atoms with Gasteiger partial charge >= 0.3 is 0 Å². The number of phenols is 1. The average molecular weight is 560 g/mol. The van der Waals surface area contributed by atoms with E-state index in [2.05, 4.69) is 29.3 Å². The van der Waals surface area contributed by atoms with Crippen LogP contribution in [0.25, 0.3) is 5.76 Å². The second kappa shape index (κ2) is 13.1. The Morgan fingerprint density at radius 3 is 2.17 bits per heavy atom. The largest absolute Gasteiger partial charge is 0.504 e. The summed E-state index contributed by atoms with van der Waals surface area (Å²) < 4.78 is 25.1. The number of amides is 2. The number of benzene rings is 3. The van der Waals surface area contributed by atoms with E-state index in [4.69, 9.17) is 9.47 Å². The van der Waals surface area contributed by atoms with Crippen LogP contribution in [0.15, 0.2) is 71.7 Å². The number of carbonyl (C=O) groups excluding carboxylic acids is 2. The molecule has 0 heterocycles. The maximum absolute atomic E-state index is 13.2. The third kappa shape index (κ3) is 7.11. The maximum atomic E-state index is 13.2. The number of carbonyl (C=O) groups is 2. The number of nitrogens with one attached hydrogen (secondary N) is 2. The zero-order valence-electron chi connectivity index (χ0n) is 23.2. The molecule has 0 unspecified atom stereocenters. The van der Waals surface area contributed by atoms with Gasteiger partial charge in [0.15, 0.2) is 11.5 Å². The fourth-order valence-corrected chi connectivity index (χ4v) is 4.25. The molecular formula is C32H34FN3O5. The molecule has 41 heavy (non-hydrogen) atoms. The molecule has 1 saturated carbocycles. The van der Waals surface area contributed by atoms with E-state index in [-0.39, 0.29) is 5.75 Å². The summed E-state index contributed by atoms with van der Waals surface area (Å²) in [5.74, 6) is 0.0563. The molecule has 8 nitrogen and oxygen atoms in total. The molecule has 0 saturated heterocycles. The van der Waals surface area contributed by atoms with Crippen LogP contribution < -0.4 is 20.1 Å². The first kappa shape index (κ1) is 29.3. The van der Waals surface area contributed by atoms with Gasteiger partial charge in [0.1, 0.15) is 22.7 Å². The quantitative estimate of drug-likeness (QED) is 0.0886. The monoisotopic (exact) mass is 559 g/mol. The zero-order valence-corrected chi connectivity index (χ0v) is 23.2. The Morgan fingerprint density at radius 1 is 1.02 bits per heavy atom. The predicted molar refractivity (Wildman–Crippen MR) is 158 cm³/mol. The SMILES string of the molecule is C=Nc1cc(O)c(OCCCCC)cc1/C(=C\C)Oc1ccc(NC(=O)C2(C(=O)Nc3ccc(F)cc3)CC2)cc1. The number of halogens is 1. The normalized spacial score (nSPS) is 13.7. The van der Waals surface area contributed by atoms with Crippen LogP contribution in [-0.2, 0) is 9.59 Å². The van der Waals surface area contributed by atoms with Gasteiger partial charge in [-0.15, -0.1) is 0 Å². The minimum atomic E-state index is -1.16. The van der Waals surface area contributed by atoms with Crippen LogP contribution in [0, 0.1) is 11.2 Å². The summed E-state index contributed by atoms with van der Waals surface area (Å²) in [5, 5.41) is 15.9. The van der Waals surface area contributed by atoms with Crippen LogP contribution in [0.5, 0.6) is 17.2 Å². The summed E-state index contributed by atoms with van der Waals surface area (Å²) in [4.78, 5) is 29.8. The van der Waals surface area contributed by atoms with E-state index in [1.807, 2.05) is 6.92 Å². The topological polar surface area (TPSA) is 109 Å². The number of unbranched alkanes of at least 4 members (excludes halogenated alkanes) is 2. The van der Waals surface area contributed by atoms with Crippen LogP contribution in [-0.4, -0.2) is 30.2 Å².